The summed E-state index contributed by atoms with van der Waals surface area (Å²) in [5.41, 5.74) is -1.24. The number of nitrogens with one attached hydrogen (secondary N) is 1. The Kier molecular flexibility index (Phi) is 8.50. The van der Waals surface area contributed by atoms with Crippen molar-refractivity contribution in [2.45, 2.75) is 12.6 Å². The number of piperazine rings is 1. The summed E-state index contributed by atoms with van der Waals surface area (Å²) in [5.74, 6) is -3.50. The van der Waals surface area contributed by atoms with Crippen molar-refractivity contribution in [2.75, 3.05) is 59.2 Å². The van der Waals surface area contributed by atoms with Gasteiger partial charge in [-0.15, -0.1) is 0 Å². The van der Waals surface area contributed by atoms with Crippen LogP contribution in [0.15, 0.2) is 40.3 Å². The molecular formula is C27H29ClF2N6O4. The van der Waals surface area contributed by atoms with Gasteiger partial charge in [-0.3, -0.25) is 19.4 Å². The monoisotopic (exact) mass is 574 g/mol. The summed E-state index contributed by atoms with van der Waals surface area (Å²) in [6.45, 7) is 3.34. The molecule has 10 nitrogen and oxygen atoms in total. The van der Waals surface area contributed by atoms with Gasteiger partial charge in [-0.05, 0) is 51.4 Å². The van der Waals surface area contributed by atoms with Crippen molar-refractivity contribution in [1.29, 1.82) is 0 Å². The van der Waals surface area contributed by atoms with E-state index in [2.05, 4.69) is 15.3 Å². The molecule has 1 N–H and O–H groups in total. The van der Waals surface area contributed by atoms with Crippen LogP contribution >= 0.6 is 11.6 Å². The molecule has 4 rings (SSSR count). The Balaban J connectivity index is 1.41. The van der Waals surface area contributed by atoms with Crippen LogP contribution < -0.4 is 10.1 Å². The van der Waals surface area contributed by atoms with Crippen LogP contribution in [0, 0.1) is 11.6 Å². The number of rotatable bonds is 7. The fourth-order valence-electron chi connectivity index (χ4n) is 4.32. The average Bonchev–Trinajstić information content (AvgIpc) is 3.32. The Morgan fingerprint density at radius 3 is 2.38 bits per heavy atom. The summed E-state index contributed by atoms with van der Waals surface area (Å²) in [6.07, 6.45) is 1.20. The first-order valence-corrected chi connectivity index (χ1v) is 12.8. The standard InChI is InChI=1S/C27H29ClF2N6O4/c1-27(31-14-20(33-27)18-7-8-21(40-4)24(30)23(18)29)26(39)32-16-5-6-17(19(28)13-16)25(38)36-11-9-35(10-12-36)22(37)15-34(2)3/h5-8,13-14H,9-12,15H2,1-4H3,(H,32,39). The molecule has 1 atom stereocenters. The summed E-state index contributed by atoms with van der Waals surface area (Å²) in [4.78, 5) is 51.8. The maximum absolute atomic E-state index is 14.5. The lowest BCUT2D eigenvalue weighted by molar-refractivity contribution is -0.133. The molecule has 1 unspecified atom stereocenters. The van der Waals surface area contributed by atoms with E-state index < -0.39 is 23.2 Å². The van der Waals surface area contributed by atoms with E-state index in [0.29, 0.717) is 38.4 Å². The second kappa shape index (κ2) is 11.7. The maximum atomic E-state index is 14.5. The van der Waals surface area contributed by atoms with Crippen molar-refractivity contribution in [2.24, 2.45) is 9.98 Å². The smallest absolute Gasteiger partial charge is 0.274 e. The number of methoxy groups -OCH3 is 1. The van der Waals surface area contributed by atoms with Crippen LogP contribution in [0.3, 0.4) is 0 Å². The second-order valence-electron chi connectivity index (χ2n) is 9.78. The number of halogens is 3. The Hall–Kier alpha value is -3.90. The Labute approximate surface area is 235 Å². The summed E-state index contributed by atoms with van der Waals surface area (Å²) in [6, 6.07) is 7.03. The molecule has 0 aromatic heterocycles. The van der Waals surface area contributed by atoms with Crippen molar-refractivity contribution in [1.82, 2.24) is 14.7 Å². The predicted octanol–water partition coefficient (Wildman–Crippen LogP) is 2.70. The SMILES string of the molecule is COc1ccc(C2=NC(C)(C(=O)Nc3ccc(C(=O)N4CCN(C(=O)CN(C)C)CC4)c(Cl)c3)N=C2)c(F)c1F. The minimum absolute atomic E-state index is 0.000748. The van der Waals surface area contributed by atoms with Crippen molar-refractivity contribution in [3.63, 3.8) is 0 Å². The lowest BCUT2D eigenvalue weighted by atomic mass is 10.1. The molecule has 212 valence electrons. The van der Waals surface area contributed by atoms with Gasteiger partial charge in [0.2, 0.25) is 17.4 Å². The van der Waals surface area contributed by atoms with Gasteiger partial charge < -0.3 is 24.8 Å². The molecule has 0 saturated carbocycles. The van der Waals surface area contributed by atoms with Crippen molar-refractivity contribution >= 4 is 46.9 Å². The van der Waals surface area contributed by atoms with E-state index in [9.17, 15) is 23.2 Å². The lowest BCUT2D eigenvalue weighted by Crippen LogP contribution is -2.52. The largest absolute Gasteiger partial charge is 0.494 e. The number of amides is 3. The molecule has 3 amide bonds. The topological polar surface area (TPSA) is 107 Å². The molecule has 2 aliphatic rings. The molecule has 2 heterocycles. The molecule has 1 fully saturated rings. The maximum Gasteiger partial charge on any atom is 0.274 e. The first-order valence-electron chi connectivity index (χ1n) is 12.4. The van der Waals surface area contributed by atoms with Gasteiger partial charge in [0.05, 0.1) is 36.2 Å². The van der Waals surface area contributed by atoms with Gasteiger partial charge in [0.15, 0.2) is 11.6 Å². The number of ether oxygens (including phenoxy) is 1. The van der Waals surface area contributed by atoms with E-state index in [0.717, 1.165) is 0 Å². The Bertz CT molecular complexity index is 1410. The van der Waals surface area contributed by atoms with Gasteiger partial charge in [-0.2, -0.15) is 4.39 Å². The first kappa shape index (κ1) is 29.1. The summed E-state index contributed by atoms with van der Waals surface area (Å²) in [5, 5.41) is 2.79. The van der Waals surface area contributed by atoms with Crippen LogP contribution in [0.25, 0.3) is 0 Å². The van der Waals surface area contributed by atoms with E-state index in [-0.39, 0.29) is 39.4 Å². The molecule has 0 aliphatic carbocycles. The van der Waals surface area contributed by atoms with Crippen LogP contribution in [-0.2, 0) is 9.59 Å². The predicted molar refractivity (Wildman–Crippen MR) is 147 cm³/mol. The lowest BCUT2D eigenvalue weighted by Gasteiger charge is -2.35. The molecule has 1 saturated heterocycles. The van der Waals surface area contributed by atoms with Crippen LogP contribution in [-0.4, -0.2) is 104 Å². The summed E-state index contributed by atoms with van der Waals surface area (Å²) < 4.78 is 33.5. The van der Waals surface area contributed by atoms with Gasteiger partial charge in [-0.25, -0.2) is 9.38 Å². The third kappa shape index (κ3) is 5.97. The summed E-state index contributed by atoms with van der Waals surface area (Å²) in [7, 11) is 4.87. The highest BCUT2D eigenvalue weighted by molar-refractivity contribution is 6.40. The van der Waals surface area contributed by atoms with Crippen LogP contribution in [0.5, 0.6) is 5.75 Å². The zero-order valence-corrected chi connectivity index (χ0v) is 23.3. The van der Waals surface area contributed by atoms with E-state index in [1.807, 2.05) is 14.1 Å². The van der Waals surface area contributed by atoms with E-state index in [1.165, 1.54) is 50.6 Å². The quantitative estimate of drug-likeness (QED) is 0.547. The Morgan fingerprint density at radius 2 is 1.75 bits per heavy atom. The average molecular weight is 575 g/mol. The fourth-order valence-corrected chi connectivity index (χ4v) is 4.58. The number of carbonyl (C=O) groups excluding carboxylic acids is 3. The highest BCUT2D eigenvalue weighted by Gasteiger charge is 2.37. The van der Waals surface area contributed by atoms with Crippen molar-refractivity contribution < 1.29 is 27.9 Å². The van der Waals surface area contributed by atoms with Gasteiger partial charge in [-0.1, -0.05) is 11.6 Å². The second-order valence-corrected chi connectivity index (χ2v) is 10.2. The van der Waals surface area contributed by atoms with Gasteiger partial charge in [0.25, 0.3) is 11.8 Å². The zero-order chi connectivity index (χ0) is 29.2. The van der Waals surface area contributed by atoms with E-state index in [1.54, 1.807) is 14.7 Å². The van der Waals surface area contributed by atoms with Crippen molar-refractivity contribution in [3.05, 3.63) is 58.1 Å². The van der Waals surface area contributed by atoms with E-state index >= 15 is 0 Å². The minimum atomic E-state index is -1.64. The molecule has 2 aliphatic heterocycles. The number of nitrogens with zero attached hydrogens (tertiary/aromatic N) is 5. The number of aliphatic imine (C=N–C) groups is 2. The van der Waals surface area contributed by atoms with Crippen LogP contribution in [0.2, 0.25) is 5.02 Å². The molecule has 0 spiro atoms. The third-order valence-electron chi connectivity index (χ3n) is 6.58. The highest BCUT2D eigenvalue weighted by atomic mass is 35.5. The molecule has 0 radical (unpaired) electrons. The molecule has 40 heavy (non-hydrogen) atoms. The first-order chi connectivity index (χ1) is 18.9. The number of carbonyl (C=O) groups is 3. The molecule has 2 aromatic carbocycles. The number of benzene rings is 2. The fraction of sp³-hybridized carbons (Fsp3) is 0.370. The van der Waals surface area contributed by atoms with Gasteiger partial charge in [0.1, 0.15) is 0 Å². The molecule has 13 heteroatoms. The normalized spacial score (nSPS) is 18.6. The minimum Gasteiger partial charge on any atom is -0.494 e. The molecule has 2 aromatic rings. The van der Waals surface area contributed by atoms with E-state index in [4.69, 9.17) is 16.3 Å². The highest BCUT2D eigenvalue weighted by Crippen LogP contribution is 2.28. The third-order valence-corrected chi connectivity index (χ3v) is 6.89. The number of hydrogen-bond donors (Lipinski definition) is 1. The zero-order valence-electron chi connectivity index (χ0n) is 22.5. The molecule has 0 bridgehead atoms. The number of anilines is 1. The van der Waals surface area contributed by atoms with Crippen LogP contribution in [0.4, 0.5) is 14.5 Å². The Morgan fingerprint density at radius 1 is 1.07 bits per heavy atom. The van der Waals surface area contributed by atoms with Crippen LogP contribution in [0.1, 0.15) is 22.8 Å². The van der Waals surface area contributed by atoms with Gasteiger partial charge >= 0.3 is 0 Å². The summed E-state index contributed by atoms with van der Waals surface area (Å²) >= 11 is 6.40. The van der Waals surface area contributed by atoms with Crippen molar-refractivity contribution in [3.8, 4) is 5.75 Å². The number of hydrogen-bond acceptors (Lipinski definition) is 7. The molecular weight excluding hydrogens is 546 g/mol. The number of likely N-dealkylation sites (N-methyl/N-ethyl adjacent to an activating group) is 1. The van der Waals surface area contributed by atoms with Gasteiger partial charge in [0, 0.05) is 37.4 Å².